The number of ether oxygens (including phenoxy) is 5. The summed E-state index contributed by atoms with van der Waals surface area (Å²) in [6.45, 7) is 1.39. The van der Waals surface area contributed by atoms with Crippen LogP contribution in [0.5, 0.6) is 5.75 Å². The van der Waals surface area contributed by atoms with Gasteiger partial charge < -0.3 is 91.1 Å². The van der Waals surface area contributed by atoms with Gasteiger partial charge in [0.2, 0.25) is 17.6 Å². The van der Waals surface area contributed by atoms with E-state index in [0.717, 1.165) is 29.2 Å². The van der Waals surface area contributed by atoms with Crippen LogP contribution in [0.3, 0.4) is 0 Å². The van der Waals surface area contributed by atoms with E-state index < -0.39 is 140 Å². The first kappa shape index (κ1) is 88.4. The largest absolute Gasteiger partial charge is 0.493 e. The lowest BCUT2D eigenvalue weighted by atomic mass is 9.88. The van der Waals surface area contributed by atoms with E-state index in [4.69, 9.17) is 28.8 Å². The number of carbonyl (C=O) groups is 10. The third-order valence-corrected chi connectivity index (χ3v) is 22.3. The van der Waals surface area contributed by atoms with Gasteiger partial charge in [-0.3, -0.25) is 43.2 Å². The summed E-state index contributed by atoms with van der Waals surface area (Å²) in [7, 11) is 2.83. The monoisotopic (exact) mass is 1590 g/mol. The lowest BCUT2D eigenvalue weighted by Crippen LogP contribution is -2.68. The molecular formula is C77H97N5O23S4. The van der Waals surface area contributed by atoms with Crippen molar-refractivity contribution in [2.75, 3.05) is 74.0 Å². The molecule has 2 saturated heterocycles. The molecule has 13 N–H and O–H groups in total. The van der Waals surface area contributed by atoms with Gasteiger partial charge >= 0.3 is 11.9 Å². The molecule has 5 aromatic rings. The fraction of sp³-hybridized carbons (Fsp3) is 0.481. The second kappa shape index (κ2) is 45.5. The van der Waals surface area contributed by atoms with E-state index in [0.29, 0.717) is 72.9 Å². The number of carboxylic acids is 2. The molecule has 12 atom stereocenters. The van der Waals surface area contributed by atoms with Crippen LogP contribution in [0.25, 0.3) is 22.3 Å². The Labute approximate surface area is 648 Å². The number of amides is 5. The number of carbonyl (C=O) groups excluding carboxylic acids is 8. The number of thioether (sulfide) groups is 2. The molecule has 0 bridgehead atoms. The van der Waals surface area contributed by atoms with Crippen molar-refractivity contribution in [3.05, 3.63) is 150 Å². The average molecular weight is 1590 g/mol. The highest BCUT2D eigenvalue weighted by Crippen LogP contribution is 2.36. The van der Waals surface area contributed by atoms with Crippen LogP contribution in [-0.2, 0) is 47.7 Å². The summed E-state index contributed by atoms with van der Waals surface area (Å²) in [5, 5.41) is 99.8. The van der Waals surface area contributed by atoms with Gasteiger partial charge in [-0.1, -0.05) is 107 Å². The SMILES string of the molecule is CC(=O)N[C@H]1[C@H]([C@H](O)[C@H](O)CNC(=O)c2ccc(-c3ccccc3)cc2)O[C@](C=O)(OCCCSCCNC(=O)c2ccc(C(=O)CCCSCCCO[C@]3(C(=O)O)C[C@H](O)[C@@H](NC(C)=O)[C@H]([C@H](O)[C@H](O)CNC(=O)c4ccc(-c5ccccc5)cc4)O3)c(OCCCCC(=O)CCSSCCC(=O)O)c2)C[C@@H]1O. The summed E-state index contributed by atoms with van der Waals surface area (Å²) in [5.74, 6) is -7.27. The van der Waals surface area contributed by atoms with Gasteiger partial charge in [0.25, 0.3) is 23.5 Å². The maximum absolute atomic E-state index is 13.9. The molecule has 32 heteroatoms. The molecule has 0 aliphatic carbocycles. The van der Waals surface area contributed by atoms with Gasteiger partial charge in [-0.05, 0) is 114 Å². The smallest absolute Gasteiger partial charge is 0.364 e. The molecule has 109 heavy (non-hydrogen) atoms. The molecule has 5 amide bonds. The Morgan fingerprint density at radius 2 is 1.01 bits per heavy atom. The van der Waals surface area contributed by atoms with Gasteiger partial charge in [-0.15, -0.1) is 0 Å². The molecule has 5 aromatic carbocycles. The van der Waals surface area contributed by atoms with Crippen molar-refractivity contribution in [2.24, 2.45) is 0 Å². The first-order valence-electron chi connectivity index (χ1n) is 35.9. The molecule has 2 fully saturated rings. The van der Waals surface area contributed by atoms with Crippen molar-refractivity contribution in [3.63, 3.8) is 0 Å². The summed E-state index contributed by atoms with van der Waals surface area (Å²) in [4.78, 5) is 127. The molecule has 0 aromatic heterocycles. The number of hydrogen-bond acceptors (Lipinski definition) is 25. The van der Waals surface area contributed by atoms with Crippen molar-refractivity contribution in [2.45, 2.75) is 157 Å². The molecule has 0 spiro atoms. The highest BCUT2D eigenvalue weighted by molar-refractivity contribution is 8.76. The molecular weight excluding hydrogens is 1490 g/mol. The number of aliphatic carboxylic acids is 2. The van der Waals surface area contributed by atoms with Crippen LogP contribution in [0.15, 0.2) is 127 Å². The standard InChI is InChI=1S/C77H97N5O23S4/c1-48(84)81-66-60(88)43-76(47-83,104-70(66)68(94)62(90)45-79-72(96)54-24-20-52(21-25-54)50-14-5-3-6-15-50)102-34-12-38-107-41-32-78-74(98)56-28-29-58(64(42-56)101-33-10-9-18-57(86)30-39-108-109-40-31-65(92)93)59(87)19-11-36-106-37-13-35-103-77(75(99)100)44-61(89)67(82-49(2)85)71(105-77)69(95)63(91)46-80-73(97)55-26-22-53(23-27-55)51-16-7-4-8-17-51/h3-8,14-17,20-29,42,47,60-63,66-71,88-91,94-95H,9-13,18-19,30-41,43-46H2,1-2H3,(H,78,98)(H,79,96)(H,80,97)(H,81,84)(H,82,85)(H,92,93)(H,99,100)/t60-,61-,62+,63+,66+,67+,68+,69+,70+,71+,76+,77+/m0/s1. The van der Waals surface area contributed by atoms with E-state index >= 15 is 0 Å². The molecule has 592 valence electrons. The minimum absolute atomic E-state index is 0.0263. The van der Waals surface area contributed by atoms with Crippen LogP contribution in [0, 0.1) is 0 Å². The molecule has 2 aliphatic rings. The van der Waals surface area contributed by atoms with E-state index in [1.807, 2.05) is 60.7 Å². The maximum Gasteiger partial charge on any atom is 0.364 e. The maximum atomic E-state index is 13.9. The van der Waals surface area contributed by atoms with Gasteiger partial charge in [0.15, 0.2) is 12.1 Å². The topological polar surface area (TPSA) is 439 Å². The van der Waals surface area contributed by atoms with E-state index in [2.05, 4.69) is 26.6 Å². The quantitative estimate of drug-likeness (QED) is 0.00968. The van der Waals surface area contributed by atoms with Gasteiger partial charge in [-0.25, -0.2) is 4.79 Å². The summed E-state index contributed by atoms with van der Waals surface area (Å²) in [6.07, 6.45) is -11.8. The number of aliphatic hydroxyl groups is 6. The summed E-state index contributed by atoms with van der Waals surface area (Å²) in [5.41, 5.74) is 4.60. The number of ketones is 2. The van der Waals surface area contributed by atoms with Crippen molar-refractivity contribution in [1.82, 2.24) is 26.6 Å². The molecule has 2 aliphatic heterocycles. The zero-order valence-corrected chi connectivity index (χ0v) is 63.8. The highest BCUT2D eigenvalue weighted by Gasteiger charge is 2.56. The Hall–Kier alpha value is -7.80. The third kappa shape index (κ3) is 28.2. The molecule has 7 rings (SSSR count). The Bertz CT molecular complexity index is 3780. The lowest BCUT2D eigenvalue weighted by Gasteiger charge is -2.46. The molecule has 28 nitrogen and oxygen atoms in total. The number of nitrogens with one attached hydrogen (secondary N) is 5. The summed E-state index contributed by atoms with van der Waals surface area (Å²) in [6, 6.07) is 34.3. The predicted molar refractivity (Wildman–Crippen MR) is 412 cm³/mol. The number of Topliss-reactive ketones (excluding diaryl/α,β-unsaturated/α-hetero) is 2. The number of benzene rings is 5. The molecule has 0 saturated carbocycles. The van der Waals surface area contributed by atoms with Gasteiger partial charge in [-0.2, -0.15) is 23.5 Å². The zero-order valence-electron chi connectivity index (χ0n) is 60.6. The fourth-order valence-corrected chi connectivity index (χ4v) is 15.6. The highest BCUT2D eigenvalue weighted by atomic mass is 33.1. The number of hydrogen-bond donors (Lipinski definition) is 13. The van der Waals surface area contributed by atoms with E-state index in [1.54, 1.807) is 48.5 Å². The first-order chi connectivity index (χ1) is 52.3. The molecule has 2 heterocycles. The Kier molecular flexibility index (Phi) is 36.9. The van der Waals surface area contributed by atoms with Gasteiger partial charge in [0.1, 0.15) is 35.9 Å². The number of rotatable bonds is 48. The minimum Gasteiger partial charge on any atom is -0.493 e. The second-order valence-corrected chi connectivity index (χ2v) is 31.2. The van der Waals surface area contributed by atoms with E-state index in [1.165, 1.54) is 70.2 Å². The van der Waals surface area contributed by atoms with Crippen molar-refractivity contribution in [1.29, 1.82) is 0 Å². The van der Waals surface area contributed by atoms with Gasteiger partial charge in [0, 0.05) is 99.5 Å². The number of carboxylic acid groups (broad SMARTS) is 2. The fourth-order valence-electron chi connectivity index (χ4n) is 12.0. The second-order valence-electron chi connectivity index (χ2n) is 26.1. The van der Waals surface area contributed by atoms with Gasteiger partial charge in [0.05, 0.1) is 68.3 Å². The van der Waals surface area contributed by atoms with Crippen LogP contribution in [-0.4, -0.2) is 247 Å². The summed E-state index contributed by atoms with van der Waals surface area (Å²) >= 11 is 2.89. The lowest BCUT2D eigenvalue weighted by molar-refractivity contribution is -0.310. The average Bonchev–Trinajstić information content (AvgIpc) is 0.773. The summed E-state index contributed by atoms with van der Waals surface area (Å²) < 4.78 is 29.8. The van der Waals surface area contributed by atoms with Crippen LogP contribution in [0.1, 0.15) is 126 Å². The van der Waals surface area contributed by atoms with Crippen LogP contribution in [0.2, 0.25) is 0 Å². The normalized spacial score (nSPS) is 20.8. The Morgan fingerprint density at radius 1 is 0.523 bits per heavy atom. The van der Waals surface area contributed by atoms with Crippen LogP contribution >= 0.6 is 45.1 Å². The van der Waals surface area contributed by atoms with E-state index in [9.17, 15) is 83.7 Å². The van der Waals surface area contributed by atoms with Crippen molar-refractivity contribution >= 4 is 104 Å². The van der Waals surface area contributed by atoms with Crippen LogP contribution < -0.4 is 31.3 Å². The predicted octanol–water partition coefficient (Wildman–Crippen LogP) is 5.65. The van der Waals surface area contributed by atoms with Crippen molar-refractivity contribution < 1.29 is 112 Å². The third-order valence-electron chi connectivity index (χ3n) is 17.7. The molecule has 0 radical (unpaired) electrons. The Morgan fingerprint density at radius 3 is 1.54 bits per heavy atom. The van der Waals surface area contributed by atoms with Crippen LogP contribution in [0.4, 0.5) is 0 Å². The van der Waals surface area contributed by atoms with Crippen molar-refractivity contribution in [3.8, 4) is 28.0 Å². The zero-order chi connectivity index (χ0) is 78.9. The number of aldehydes is 1. The number of unbranched alkanes of at least 4 members (excludes halogenated alkanes) is 1. The number of aliphatic hydroxyl groups excluding tert-OH is 6. The molecule has 0 unspecified atom stereocenters. The Balaban J connectivity index is 0.862. The minimum atomic E-state index is -2.52. The first-order valence-corrected chi connectivity index (χ1v) is 40.7. The van der Waals surface area contributed by atoms with E-state index in [-0.39, 0.29) is 91.6 Å².